The number of benzene rings is 1. The van der Waals surface area contributed by atoms with Crippen molar-refractivity contribution in [2.24, 2.45) is 0 Å². The molecule has 1 aromatic carbocycles. The molecule has 0 amide bonds. The van der Waals surface area contributed by atoms with E-state index in [-0.39, 0.29) is 12.3 Å². The SMILES string of the molecule is FSn1nc(Br)nc1Nc1c2c(cc3c1CCC3)CCC2. The summed E-state index contributed by atoms with van der Waals surface area (Å²) in [4.78, 5) is 4.22. The van der Waals surface area contributed by atoms with Crippen LogP contribution in [0, 0.1) is 0 Å². The van der Waals surface area contributed by atoms with Crippen molar-refractivity contribution < 1.29 is 3.89 Å². The number of nitrogens with one attached hydrogen (secondary N) is 1. The van der Waals surface area contributed by atoms with Crippen molar-refractivity contribution in [3.63, 3.8) is 0 Å². The predicted molar refractivity (Wildman–Crippen MR) is 85.6 cm³/mol. The fourth-order valence-electron chi connectivity index (χ4n) is 3.48. The van der Waals surface area contributed by atoms with Crippen molar-refractivity contribution in [3.8, 4) is 0 Å². The Kier molecular flexibility index (Phi) is 3.41. The quantitative estimate of drug-likeness (QED) is 0.883. The first-order chi connectivity index (χ1) is 10.3. The van der Waals surface area contributed by atoms with Gasteiger partial charge in [-0.3, -0.25) is 0 Å². The van der Waals surface area contributed by atoms with E-state index < -0.39 is 0 Å². The number of nitrogens with zero attached hydrogens (tertiary/aromatic N) is 3. The van der Waals surface area contributed by atoms with E-state index in [1.807, 2.05) is 0 Å². The maximum absolute atomic E-state index is 13.0. The summed E-state index contributed by atoms with van der Waals surface area (Å²) in [6.45, 7) is 0. The molecule has 2 aromatic rings. The number of hydrogen-bond acceptors (Lipinski definition) is 4. The molecular weight excluding hydrogens is 355 g/mol. The Morgan fingerprint density at radius 3 is 2.43 bits per heavy atom. The van der Waals surface area contributed by atoms with E-state index >= 15 is 0 Å². The lowest BCUT2D eigenvalue weighted by Crippen LogP contribution is -2.05. The lowest BCUT2D eigenvalue weighted by Gasteiger charge is -2.15. The summed E-state index contributed by atoms with van der Waals surface area (Å²) in [5.41, 5.74) is 6.79. The Morgan fingerprint density at radius 1 is 1.14 bits per heavy atom. The third kappa shape index (κ3) is 2.26. The smallest absolute Gasteiger partial charge is 0.239 e. The molecule has 0 radical (unpaired) electrons. The van der Waals surface area contributed by atoms with Crippen molar-refractivity contribution in [2.45, 2.75) is 38.5 Å². The van der Waals surface area contributed by atoms with Crippen molar-refractivity contribution >= 4 is 39.9 Å². The van der Waals surface area contributed by atoms with Crippen LogP contribution < -0.4 is 5.32 Å². The van der Waals surface area contributed by atoms with Crippen LogP contribution in [0.25, 0.3) is 0 Å². The van der Waals surface area contributed by atoms with Crippen LogP contribution in [-0.2, 0) is 25.7 Å². The highest BCUT2D eigenvalue weighted by Gasteiger charge is 2.25. The van der Waals surface area contributed by atoms with Crippen LogP contribution in [0.4, 0.5) is 15.5 Å². The van der Waals surface area contributed by atoms with Gasteiger partial charge in [0.15, 0.2) is 12.3 Å². The topological polar surface area (TPSA) is 42.7 Å². The molecule has 0 saturated carbocycles. The number of anilines is 2. The van der Waals surface area contributed by atoms with Crippen LogP contribution in [0.15, 0.2) is 10.8 Å². The first kappa shape index (κ1) is 13.6. The third-order valence-electron chi connectivity index (χ3n) is 4.33. The first-order valence-corrected chi connectivity index (χ1v) is 8.58. The van der Waals surface area contributed by atoms with Gasteiger partial charge < -0.3 is 5.32 Å². The van der Waals surface area contributed by atoms with Crippen LogP contribution in [-0.4, -0.2) is 14.2 Å². The fourth-order valence-corrected chi connectivity index (χ4v) is 4.17. The zero-order valence-electron chi connectivity index (χ0n) is 11.3. The molecule has 110 valence electrons. The molecule has 0 saturated heterocycles. The molecule has 1 heterocycles. The normalized spacial score (nSPS) is 16.1. The Bertz CT molecular complexity index is 683. The van der Waals surface area contributed by atoms with E-state index in [0.29, 0.717) is 10.7 Å². The number of aromatic nitrogens is 3. The predicted octanol–water partition coefficient (Wildman–Crippen LogP) is 4.14. The van der Waals surface area contributed by atoms with Gasteiger partial charge in [-0.25, -0.2) is 0 Å². The van der Waals surface area contributed by atoms with Gasteiger partial charge in [-0.2, -0.15) is 4.98 Å². The average molecular weight is 369 g/mol. The Labute approximate surface area is 135 Å². The molecule has 0 fully saturated rings. The number of halogens is 2. The Hall–Kier alpha value is -1.08. The van der Waals surface area contributed by atoms with Gasteiger partial charge >= 0.3 is 0 Å². The Balaban J connectivity index is 1.81. The molecule has 0 bridgehead atoms. The zero-order chi connectivity index (χ0) is 14.4. The van der Waals surface area contributed by atoms with Gasteiger partial charge in [0.1, 0.15) is 0 Å². The molecule has 4 rings (SSSR count). The fraction of sp³-hybridized carbons (Fsp3) is 0.429. The molecule has 0 spiro atoms. The molecule has 7 heteroatoms. The second-order valence-electron chi connectivity index (χ2n) is 5.51. The minimum Gasteiger partial charge on any atom is -0.323 e. The van der Waals surface area contributed by atoms with Crippen molar-refractivity contribution in [1.82, 2.24) is 14.2 Å². The molecule has 1 N–H and O–H groups in total. The maximum Gasteiger partial charge on any atom is 0.239 e. The van der Waals surface area contributed by atoms with E-state index in [4.69, 9.17) is 0 Å². The first-order valence-electron chi connectivity index (χ1n) is 7.11. The summed E-state index contributed by atoms with van der Waals surface area (Å²) in [5.74, 6) is 0.434. The van der Waals surface area contributed by atoms with Crippen LogP contribution in [0.3, 0.4) is 0 Å². The van der Waals surface area contributed by atoms with Gasteiger partial charge in [-0.15, -0.1) is 13.1 Å². The second kappa shape index (κ2) is 5.28. The van der Waals surface area contributed by atoms with Gasteiger partial charge in [0.05, 0.1) is 0 Å². The lowest BCUT2D eigenvalue weighted by atomic mass is 9.99. The van der Waals surface area contributed by atoms with Gasteiger partial charge in [-0.1, -0.05) is 6.07 Å². The van der Waals surface area contributed by atoms with E-state index in [1.54, 1.807) is 0 Å². The van der Waals surface area contributed by atoms with E-state index in [9.17, 15) is 3.89 Å². The number of rotatable bonds is 3. The molecule has 0 aliphatic heterocycles. The number of aryl methyl sites for hydroxylation is 2. The summed E-state index contributed by atoms with van der Waals surface area (Å²) in [6, 6.07) is 2.38. The molecule has 4 nitrogen and oxygen atoms in total. The van der Waals surface area contributed by atoms with E-state index in [1.165, 1.54) is 39.2 Å². The summed E-state index contributed by atoms with van der Waals surface area (Å²) < 4.78 is 14.5. The summed E-state index contributed by atoms with van der Waals surface area (Å²) >= 11 is 3.25. The highest BCUT2D eigenvalue weighted by molar-refractivity contribution is 9.10. The summed E-state index contributed by atoms with van der Waals surface area (Å²) in [5, 5.41) is 7.30. The zero-order valence-corrected chi connectivity index (χ0v) is 13.7. The molecule has 0 atom stereocenters. The van der Waals surface area contributed by atoms with Gasteiger partial charge in [0.25, 0.3) is 0 Å². The van der Waals surface area contributed by atoms with Crippen molar-refractivity contribution in [3.05, 3.63) is 33.1 Å². The van der Waals surface area contributed by atoms with Crippen LogP contribution in [0.2, 0.25) is 0 Å². The largest absolute Gasteiger partial charge is 0.323 e. The van der Waals surface area contributed by atoms with E-state index in [2.05, 4.69) is 37.4 Å². The number of fused-ring (bicyclic) bond motifs is 2. The second-order valence-corrected chi connectivity index (χ2v) is 6.70. The van der Waals surface area contributed by atoms with Crippen LogP contribution >= 0.6 is 28.3 Å². The summed E-state index contributed by atoms with van der Waals surface area (Å²) in [7, 11) is 0. The van der Waals surface area contributed by atoms with Crippen LogP contribution in [0.1, 0.15) is 35.1 Å². The molecule has 21 heavy (non-hydrogen) atoms. The van der Waals surface area contributed by atoms with Crippen molar-refractivity contribution in [2.75, 3.05) is 5.32 Å². The highest BCUT2D eigenvalue weighted by atomic mass is 79.9. The number of hydrogen-bond donors (Lipinski definition) is 1. The molecule has 1 aromatic heterocycles. The summed E-state index contributed by atoms with van der Waals surface area (Å²) in [6.07, 6.45) is 6.85. The molecule has 2 aliphatic carbocycles. The average Bonchev–Trinajstić information content (AvgIpc) is 3.17. The third-order valence-corrected chi connectivity index (χ3v) is 5.05. The van der Waals surface area contributed by atoms with Crippen molar-refractivity contribution in [1.29, 1.82) is 0 Å². The van der Waals surface area contributed by atoms with E-state index in [0.717, 1.165) is 31.4 Å². The Morgan fingerprint density at radius 2 is 1.81 bits per heavy atom. The monoisotopic (exact) mass is 368 g/mol. The maximum atomic E-state index is 13.0. The minimum atomic E-state index is 0.0526. The molecular formula is C14H14BrFN4S. The van der Waals surface area contributed by atoms with Gasteiger partial charge in [0.2, 0.25) is 10.7 Å². The highest BCUT2D eigenvalue weighted by Crippen LogP contribution is 2.40. The molecule has 2 aliphatic rings. The van der Waals surface area contributed by atoms with Gasteiger partial charge in [-0.05, 0) is 76.7 Å². The lowest BCUT2D eigenvalue weighted by molar-refractivity contribution is 0.876. The standard InChI is InChI=1S/C14H14BrFN4S/c15-13-18-14(20(19-13)21-16)17-12-10-5-1-3-8(10)7-9-4-2-6-11(9)12/h7H,1-6H2,(H,17,18,19). The minimum absolute atomic E-state index is 0.0526. The van der Waals surface area contributed by atoms with Crippen LogP contribution in [0.5, 0.6) is 0 Å². The molecule has 0 unspecified atom stereocenters. The van der Waals surface area contributed by atoms with Gasteiger partial charge in [0, 0.05) is 5.69 Å².